The van der Waals surface area contributed by atoms with Gasteiger partial charge in [-0.1, -0.05) is 38.1 Å². The average Bonchev–Trinajstić information content (AvgIpc) is 2.45. The van der Waals surface area contributed by atoms with Crippen molar-refractivity contribution >= 4 is 20.2 Å². The van der Waals surface area contributed by atoms with Crippen molar-refractivity contribution in [1.82, 2.24) is 0 Å². The Hall–Kier alpha value is -2.06. The van der Waals surface area contributed by atoms with Gasteiger partial charge >= 0.3 is 20.2 Å². The largest absolute Gasteiger partial charge is 0.383 e. The van der Waals surface area contributed by atoms with Gasteiger partial charge in [0.15, 0.2) is 0 Å². The average molecular weight is 384 g/mol. The molecule has 2 aromatic carbocycles. The number of benzene rings is 2. The van der Waals surface area contributed by atoms with E-state index in [-0.39, 0.29) is 16.9 Å². The topological polar surface area (TPSA) is 86.7 Å². The second kappa shape index (κ2) is 6.68. The zero-order valence-electron chi connectivity index (χ0n) is 14.4. The fraction of sp³-hybridized carbons (Fsp3) is 0.294. The Labute approximate surface area is 148 Å². The third kappa shape index (κ3) is 5.47. The Morgan fingerprint density at radius 3 is 1.16 bits per heavy atom. The molecule has 0 aromatic heterocycles. The summed E-state index contributed by atoms with van der Waals surface area (Å²) in [5, 5.41) is 0. The van der Waals surface area contributed by atoms with Gasteiger partial charge in [0.25, 0.3) is 0 Å². The molecule has 0 aliphatic rings. The van der Waals surface area contributed by atoms with E-state index in [1.807, 2.05) is 13.8 Å². The monoisotopic (exact) mass is 384 g/mol. The first-order valence-electron chi connectivity index (χ1n) is 7.37. The molecule has 0 atom stereocenters. The summed E-state index contributed by atoms with van der Waals surface area (Å²) in [5.74, 6) is 0.498. The van der Waals surface area contributed by atoms with Crippen LogP contribution in [0.5, 0.6) is 11.5 Å². The molecule has 0 amide bonds. The maximum Gasteiger partial charge on any atom is 0.306 e. The second-order valence-corrected chi connectivity index (χ2v) is 9.40. The van der Waals surface area contributed by atoms with Crippen LogP contribution in [0.3, 0.4) is 0 Å². The number of rotatable bonds is 6. The number of hydrogen-bond acceptors (Lipinski definition) is 6. The first kappa shape index (κ1) is 19.3. The fourth-order valence-electron chi connectivity index (χ4n) is 2.37. The minimum Gasteiger partial charge on any atom is -0.383 e. The van der Waals surface area contributed by atoms with Crippen molar-refractivity contribution in [3.05, 3.63) is 59.7 Å². The van der Waals surface area contributed by atoms with Gasteiger partial charge < -0.3 is 8.37 Å². The molecule has 0 saturated heterocycles. The summed E-state index contributed by atoms with van der Waals surface area (Å²) in [4.78, 5) is 0. The van der Waals surface area contributed by atoms with Gasteiger partial charge in [-0.15, -0.1) is 0 Å². The van der Waals surface area contributed by atoms with E-state index in [0.717, 1.165) is 23.6 Å². The van der Waals surface area contributed by atoms with E-state index in [2.05, 4.69) is 0 Å². The van der Waals surface area contributed by atoms with Crippen LogP contribution < -0.4 is 8.37 Å². The van der Waals surface area contributed by atoms with Crippen LogP contribution in [0.15, 0.2) is 48.5 Å². The van der Waals surface area contributed by atoms with Crippen LogP contribution in [0.1, 0.15) is 25.0 Å². The minimum atomic E-state index is -3.56. The lowest BCUT2D eigenvalue weighted by molar-refractivity contribution is 0.491. The first-order valence-corrected chi connectivity index (χ1v) is 11.0. The molecule has 136 valence electrons. The van der Waals surface area contributed by atoms with E-state index in [1.54, 1.807) is 48.5 Å². The van der Waals surface area contributed by atoms with Gasteiger partial charge in [-0.05, 0) is 35.4 Å². The quantitative estimate of drug-likeness (QED) is 0.712. The van der Waals surface area contributed by atoms with Crippen LogP contribution in [0.2, 0.25) is 0 Å². The van der Waals surface area contributed by atoms with E-state index < -0.39 is 20.2 Å². The Bertz CT molecular complexity index is 862. The normalized spacial score (nSPS) is 12.6. The zero-order chi connectivity index (χ0) is 18.9. The van der Waals surface area contributed by atoms with Gasteiger partial charge in [-0.25, -0.2) is 0 Å². The van der Waals surface area contributed by atoms with Gasteiger partial charge in [0.1, 0.15) is 11.5 Å². The molecular weight excluding hydrogens is 364 g/mol. The molecule has 25 heavy (non-hydrogen) atoms. The molecule has 0 bridgehead atoms. The summed E-state index contributed by atoms with van der Waals surface area (Å²) in [5.41, 5.74) is 1.52. The molecule has 2 rings (SSSR count). The second-order valence-electron chi connectivity index (χ2n) is 6.25. The highest BCUT2D eigenvalue weighted by Crippen LogP contribution is 2.33. The van der Waals surface area contributed by atoms with E-state index in [9.17, 15) is 16.8 Å². The summed E-state index contributed by atoms with van der Waals surface area (Å²) in [6, 6.07) is 13.6. The lowest BCUT2D eigenvalue weighted by Crippen LogP contribution is -2.19. The van der Waals surface area contributed by atoms with Crippen LogP contribution in [0.4, 0.5) is 0 Å². The Morgan fingerprint density at radius 2 is 0.920 bits per heavy atom. The molecule has 0 aliphatic heterocycles. The van der Waals surface area contributed by atoms with E-state index in [1.165, 1.54) is 0 Å². The van der Waals surface area contributed by atoms with E-state index >= 15 is 0 Å². The van der Waals surface area contributed by atoms with Gasteiger partial charge in [0.05, 0.1) is 12.5 Å². The van der Waals surface area contributed by atoms with Crippen molar-refractivity contribution in [2.24, 2.45) is 0 Å². The zero-order valence-corrected chi connectivity index (χ0v) is 16.0. The predicted molar refractivity (Wildman–Crippen MR) is 96.0 cm³/mol. The molecule has 0 N–H and O–H groups in total. The standard InChI is InChI=1S/C17H20O6S2/c1-17(2,13-5-9-15(10-6-13)22-24(3,18)19)14-7-11-16(12-8-14)23-25(4,20)21/h5-12H,1-4H3. The van der Waals surface area contributed by atoms with Crippen LogP contribution in [0.25, 0.3) is 0 Å². The molecule has 0 aliphatic carbocycles. The highest BCUT2D eigenvalue weighted by atomic mass is 32.2. The summed E-state index contributed by atoms with van der Waals surface area (Å²) < 4.78 is 54.3. The van der Waals surface area contributed by atoms with Gasteiger partial charge in [-0.2, -0.15) is 16.8 Å². The van der Waals surface area contributed by atoms with Gasteiger partial charge in [0, 0.05) is 5.41 Å². The molecule has 0 unspecified atom stereocenters. The van der Waals surface area contributed by atoms with Gasteiger partial charge in [0.2, 0.25) is 0 Å². The molecule has 0 fully saturated rings. The Morgan fingerprint density at radius 1 is 0.640 bits per heavy atom. The fourth-order valence-corrected chi connectivity index (χ4v) is 3.29. The molecule has 0 radical (unpaired) electrons. The van der Waals surface area contributed by atoms with Crippen molar-refractivity contribution in [1.29, 1.82) is 0 Å². The maximum atomic E-state index is 11.2. The minimum absolute atomic E-state index is 0.249. The third-order valence-corrected chi connectivity index (χ3v) is 4.64. The van der Waals surface area contributed by atoms with Crippen molar-refractivity contribution < 1.29 is 25.2 Å². The number of hydrogen-bond donors (Lipinski definition) is 0. The Kier molecular flexibility index (Phi) is 5.15. The maximum absolute atomic E-state index is 11.2. The van der Waals surface area contributed by atoms with Crippen LogP contribution in [0, 0.1) is 0 Å². The summed E-state index contributed by atoms with van der Waals surface area (Å²) in [6.45, 7) is 4.01. The van der Waals surface area contributed by atoms with E-state index in [0.29, 0.717) is 0 Å². The summed E-state index contributed by atoms with van der Waals surface area (Å²) >= 11 is 0. The summed E-state index contributed by atoms with van der Waals surface area (Å²) in [6.07, 6.45) is 1.98. The lowest BCUT2D eigenvalue weighted by atomic mass is 9.78. The highest BCUT2D eigenvalue weighted by molar-refractivity contribution is 7.86. The SMILES string of the molecule is CC(C)(c1ccc(OS(C)(=O)=O)cc1)c1ccc(OS(C)(=O)=O)cc1. The van der Waals surface area contributed by atoms with Crippen molar-refractivity contribution in [2.75, 3.05) is 12.5 Å². The van der Waals surface area contributed by atoms with Crippen molar-refractivity contribution in [2.45, 2.75) is 19.3 Å². The molecular formula is C17H20O6S2. The molecule has 6 nitrogen and oxygen atoms in total. The van der Waals surface area contributed by atoms with Crippen LogP contribution >= 0.6 is 0 Å². The lowest BCUT2D eigenvalue weighted by Gasteiger charge is -2.26. The molecule has 2 aromatic rings. The summed E-state index contributed by atoms with van der Waals surface area (Å²) in [7, 11) is -7.12. The van der Waals surface area contributed by atoms with Crippen LogP contribution in [-0.4, -0.2) is 29.3 Å². The smallest absolute Gasteiger partial charge is 0.306 e. The van der Waals surface area contributed by atoms with Crippen LogP contribution in [-0.2, 0) is 25.7 Å². The van der Waals surface area contributed by atoms with Crippen molar-refractivity contribution in [3.63, 3.8) is 0 Å². The van der Waals surface area contributed by atoms with E-state index in [4.69, 9.17) is 8.37 Å². The third-order valence-electron chi connectivity index (χ3n) is 3.65. The van der Waals surface area contributed by atoms with Gasteiger partial charge in [-0.3, -0.25) is 0 Å². The molecule has 0 spiro atoms. The first-order chi connectivity index (χ1) is 11.4. The molecule has 0 heterocycles. The molecule has 8 heteroatoms. The molecule has 0 saturated carbocycles. The Balaban J connectivity index is 2.25. The van der Waals surface area contributed by atoms with Crippen molar-refractivity contribution in [3.8, 4) is 11.5 Å². The predicted octanol–water partition coefficient (Wildman–Crippen LogP) is 2.69. The highest BCUT2D eigenvalue weighted by Gasteiger charge is 2.23.